The minimum atomic E-state index is -1.12. The number of pyridine rings is 1. The van der Waals surface area contributed by atoms with Crippen LogP contribution in [0.2, 0.25) is 0 Å². The van der Waals surface area contributed by atoms with E-state index < -0.39 is 18.1 Å². The molecule has 1 amide bonds. The van der Waals surface area contributed by atoms with Gasteiger partial charge in [0.2, 0.25) is 5.91 Å². The van der Waals surface area contributed by atoms with E-state index in [4.69, 9.17) is 0 Å². The van der Waals surface area contributed by atoms with Crippen molar-refractivity contribution in [2.75, 3.05) is 23.7 Å². The molecule has 4 aromatic carbocycles. The Balaban J connectivity index is 0.887. The number of hydrogen-bond acceptors (Lipinski definition) is 9. The number of aromatic amines is 1. The van der Waals surface area contributed by atoms with Crippen LogP contribution in [-0.2, 0) is 42.1 Å². The lowest BCUT2D eigenvalue weighted by Gasteiger charge is -2.15. The molecule has 0 unspecified atom stereocenters. The van der Waals surface area contributed by atoms with Crippen LogP contribution < -0.4 is 27.1 Å². The number of aliphatic carboxylic acids is 1. The first-order valence-electron chi connectivity index (χ1n) is 20.2. The van der Waals surface area contributed by atoms with Crippen LogP contribution in [0.1, 0.15) is 16.8 Å². The predicted octanol–water partition coefficient (Wildman–Crippen LogP) is 6.39. The van der Waals surface area contributed by atoms with Gasteiger partial charge in [-0.1, -0.05) is 115 Å². The van der Waals surface area contributed by atoms with Crippen molar-refractivity contribution < 1.29 is 14.7 Å². The number of fused-ring (bicyclic) bond motifs is 1. The lowest BCUT2D eigenvalue weighted by atomic mass is 10.1. The molecule has 62 heavy (non-hydrogen) atoms. The lowest BCUT2D eigenvalue weighted by Crippen LogP contribution is -2.34. The van der Waals surface area contributed by atoms with Crippen LogP contribution in [0, 0.1) is 0 Å². The Morgan fingerprint density at radius 3 is 1.69 bits per heavy atom. The van der Waals surface area contributed by atoms with Crippen LogP contribution in [-0.4, -0.2) is 59.1 Å². The Morgan fingerprint density at radius 2 is 1.13 bits per heavy atom. The summed E-state index contributed by atoms with van der Waals surface area (Å²) in [6.45, 7) is 0.464. The number of amides is 1. The van der Waals surface area contributed by atoms with E-state index in [9.17, 15) is 24.3 Å². The van der Waals surface area contributed by atoms with Crippen molar-refractivity contribution in [1.29, 1.82) is 0 Å². The number of rotatable bonds is 17. The molecule has 8 rings (SSSR count). The number of nitrogens with zero attached hydrogens (tertiary/aromatic N) is 5. The molecular weight excluding hydrogens is 783 g/mol. The molecule has 14 nitrogen and oxygen atoms in total. The van der Waals surface area contributed by atoms with Crippen molar-refractivity contribution >= 4 is 34.4 Å². The van der Waals surface area contributed by atoms with E-state index in [1.807, 2.05) is 115 Å². The molecule has 0 aliphatic rings. The van der Waals surface area contributed by atoms with Gasteiger partial charge in [0.15, 0.2) is 11.6 Å². The second kappa shape index (κ2) is 18.8. The predicted molar refractivity (Wildman–Crippen MR) is 240 cm³/mol. The Hall–Kier alpha value is -8.13. The first-order valence-corrected chi connectivity index (χ1v) is 20.2. The SMILES string of the molecule is O=C(O)Cn1c(-c2ccccc2)cnc(NCCc2ccc(-c3cc4[nH]c(CNC(=O)Cn5c(-c6ccccc6)cnc(NCCc6ccccc6)c5=O)cc4cn3)cc2)c1=O. The lowest BCUT2D eigenvalue weighted by molar-refractivity contribution is -0.137. The summed E-state index contributed by atoms with van der Waals surface area (Å²) < 4.78 is 2.67. The number of carbonyl (C=O) groups is 2. The van der Waals surface area contributed by atoms with Crippen LogP contribution in [0.4, 0.5) is 11.6 Å². The summed E-state index contributed by atoms with van der Waals surface area (Å²) in [5, 5.41) is 19.6. The molecule has 4 heterocycles. The second-order valence-corrected chi connectivity index (χ2v) is 14.7. The summed E-state index contributed by atoms with van der Waals surface area (Å²) >= 11 is 0. The molecule has 0 bridgehead atoms. The fourth-order valence-corrected chi connectivity index (χ4v) is 7.22. The molecule has 0 atom stereocenters. The van der Waals surface area contributed by atoms with Crippen LogP contribution >= 0.6 is 0 Å². The molecule has 4 aromatic heterocycles. The molecule has 0 spiro atoms. The highest BCUT2D eigenvalue weighted by molar-refractivity contribution is 5.84. The zero-order valence-electron chi connectivity index (χ0n) is 33.6. The number of carboxylic acids is 1. The Labute approximate surface area is 356 Å². The minimum Gasteiger partial charge on any atom is -0.480 e. The normalized spacial score (nSPS) is 11.0. The van der Waals surface area contributed by atoms with E-state index in [-0.39, 0.29) is 36.2 Å². The minimum absolute atomic E-state index is 0.0863. The summed E-state index contributed by atoms with van der Waals surface area (Å²) in [7, 11) is 0. The molecule has 5 N–H and O–H groups in total. The van der Waals surface area contributed by atoms with Crippen molar-refractivity contribution in [2.45, 2.75) is 32.5 Å². The van der Waals surface area contributed by atoms with E-state index in [1.54, 1.807) is 24.5 Å². The van der Waals surface area contributed by atoms with Gasteiger partial charge in [0.1, 0.15) is 13.1 Å². The zero-order valence-corrected chi connectivity index (χ0v) is 33.6. The van der Waals surface area contributed by atoms with Gasteiger partial charge in [0, 0.05) is 41.4 Å². The molecule has 14 heteroatoms. The number of nitrogens with one attached hydrogen (secondary N) is 4. The third-order valence-corrected chi connectivity index (χ3v) is 10.4. The fourth-order valence-electron chi connectivity index (χ4n) is 7.22. The molecule has 0 aliphatic heterocycles. The van der Waals surface area contributed by atoms with Gasteiger partial charge in [0.05, 0.1) is 36.0 Å². The van der Waals surface area contributed by atoms with Gasteiger partial charge in [-0.05, 0) is 47.2 Å². The van der Waals surface area contributed by atoms with E-state index >= 15 is 0 Å². The third-order valence-electron chi connectivity index (χ3n) is 10.4. The summed E-state index contributed by atoms with van der Waals surface area (Å²) in [5.41, 5.74) is 7.04. The Kier molecular flexibility index (Phi) is 12.4. The van der Waals surface area contributed by atoms with E-state index in [0.29, 0.717) is 42.9 Å². The number of carbonyl (C=O) groups excluding carboxylic acids is 1. The number of carboxylic acid groups (broad SMARTS) is 1. The average molecular weight is 826 g/mol. The Morgan fingerprint density at radius 1 is 0.597 bits per heavy atom. The van der Waals surface area contributed by atoms with Crippen molar-refractivity contribution in [3.05, 3.63) is 184 Å². The van der Waals surface area contributed by atoms with Crippen molar-refractivity contribution in [2.24, 2.45) is 0 Å². The standard InChI is InChI=1S/C48H43N9O5/c58-43(30-56-41(35-12-6-2-7-13-35)28-53-45(47(56)61)49-22-20-32-10-4-1-5-11-32)52-27-38-24-37-26-51-39(25-40(37)55-38)34-18-16-33(17-19-34)21-23-50-46-48(62)57(31-44(59)60)42(29-54-46)36-14-8-3-9-15-36/h1-19,24-26,28-29,55H,20-23,27,30-31H2,(H,49,53)(H,50,54)(H,52,58)(H,59,60). The highest BCUT2D eigenvalue weighted by atomic mass is 16.4. The first-order chi connectivity index (χ1) is 30.3. The smallest absolute Gasteiger partial charge is 0.323 e. The van der Waals surface area contributed by atoms with Crippen LogP contribution in [0.5, 0.6) is 0 Å². The maximum atomic E-state index is 13.7. The van der Waals surface area contributed by atoms with Gasteiger partial charge < -0.3 is 26.0 Å². The summed E-state index contributed by atoms with van der Waals surface area (Å²) in [5.74, 6) is -1.18. The second-order valence-electron chi connectivity index (χ2n) is 14.7. The van der Waals surface area contributed by atoms with Gasteiger partial charge in [-0.15, -0.1) is 0 Å². The molecular formula is C48H43N9O5. The number of hydrogen-bond donors (Lipinski definition) is 5. The molecule has 310 valence electrons. The summed E-state index contributed by atoms with van der Waals surface area (Å²) in [6, 6.07) is 40.3. The number of anilines is 2. The highest BCUT2D eigenvalue weighted by Gasteiger charge is 2.17. The first kappa shape index (κ1) is 40.6. The van der Waals surface area contributed by atoms with Gasteiger partial charge >= 0.3 is 5.97 Å². The van der Waals surface area contributed by atoms with Crippen LogP contribution in [0.25, 0.3) is 44.7 Å². The van der Waals surface area contributed by atoms with Crippen LogP contribution in [0.15, 0.2) is 156 Å². The maximum Gasteiger partial charge on any atom is 0.323 e. The summed E-state index contributed by atoms with van der Waals surface area (Å²) in [4.78, 5) is 68.8. The molecule has 0 aliphatic carbocycles. The monoisotopic (exact) mass is 825 g/mol. The molecule has 8 aromatic rings. The zero-order chi connectivity index (χ0) is 42.8. The third kappa shape index (κ3) is 9.66. The highest BCUT2D eigenvalue weighted by Crippen LogP contribution is 2.24. The average Bonchev–Trinajstić information content (AvgIpc) is 3.72. The van der Waals surface area contributed by atoms with Gasteiger partial charge in [0.25, 0.3) is 11.1 Å². The maximum absolute atomic E-state index is 13.7. The van der Waals surface area contributed by atoms with Crippen LogP contribution in [0.3, 0.4) is 0 Å². The van der Waals surface area contributed by atoms with Crippen molar-refractivity contribution in [1.82, 2.24) is 34.4 Å². The fraction of sp³-hybridized carbons (Fsp3) is 0.146. The van der Waals surface area contributed by atoms with E-state index in [0.717, 1.165) is 44.5 Å². The molecule has 0 saturated heterocycles. The largest absolute Gasteiger partial charge is 0.480 e. The van der Waals surface area contributed by atoms with Crippen molar-refractivity contribution in [3.8, 4) is 33.8 Å². The number of benzene rings is 4. The molecule has 0 radical (unpaired) electrons. The number of aromatic nitrogens is 6. The molecule has 0 saturated carbocycles. The number of H-pyrrole nitrogens is 1. The van der Waals surface area contributed by atoms with Gasteiger partial charge in [-0.2, -0.15) is 0 Å². The van der Waals surface area contributed by atoms with Crippen molar-refractivity contribution in [3.63, 3.8) is 0 Å². The van der Waals surface area contributed by atoms with E-state index in [2.05, 4.69) is 35.9 Å². The molecule has 0 fully saturated rings. The Bertz CT molecular complexity index is 2950. The topological polar surface area (TPSA) is 189 Å². The van der Waals surface area contributed by atoms with E-state index in [1.165, 1.54) is 15.3 Å². The van der Waals surface area contributed by atoms with Gasteiger partial charge in [-0.3, -0.25) is 33.3 Å². The quantitative estimate of drug-likeness (QED) is 0.0689. The summed E-state index contributed by atoms with van der Waals surface area (Å²) in [6.07, 6.45) is 6.23. The van der Waals surface area contributed by atoms with Gasteiger partial charge in [-0.25, -0.2) is 9.97 Å².